The Morgan fingerprint density at radius 2 is 1.95 bits per heavy atom. The quantitative estimate of drug-likeness (QED) is 0.451. The highest BCUT2D eigenvalue weighted by Gasteiger charge is 2.34. The molecule has 0 fully saturated rings. The third-order valence-electron chi connectivity index (χ3n) is 3.21. The van der Waals surface area contributed by atoms with Crippen molar-refractivity contribution in [2.75, 3.05) is 0 Å². The molecule has 1 atom stereocenters. The Labute approximate surface area is 112 Å². The van der Waals surface area contributed by atoms with Crippen LogP contribution in [0.15, 0.2) is 12.1 Å². The first-order valence-electron chi connectivity index (χ1n) is 6.69. The lowest BCUT2D eigenvalue weighted by Gasteiger charge is -2.17. The SMILES string of the molecule is CCC(=O)OC(CC)c1c(C(=O)CC)ccc2c1O2. The summed E-state index contributed by atoms with van der Waals surface area (Å²) in [4.78, 5) is 23.5. The topological polar surface area (TPSA) is 55.9 Å². The molecular weight excluding hydrogens is 244 g/mol. The lowest BCUT2D eigenvalue weighted by Crippen LogP contribution is -2.13. The number of ether oxygens (including phenoxy) is 2. The fraction of sp³-hybridized carbons (Fsp3) is 0.467. The fourth-order valence-electron chi connectivity index (χ4n) is 2.09. The van der Waals surface area contributed by atoms with Gasteiger partial charge in [0.25, 0.3) is 0 Å². The number of hydrogen-bond donors (Lipinski definition) is 0. The van der Waals surface area contributed by atoms with Crippen molar-refractivity contribution in [3.8, 4) is 11.5 Å². The Hall–Kier alpha value is -1.84. The van der Waals surface area contributed by atoms with Gasteiger partial charge in [-0.1, -0.05) is 20.8 Å². The standard InChI is InChI=1S/C15H18O4/c1-4-10(16)9-7-8-12-15(19-12)14(9)11(5-2)18-13(17)6-3/h7-8,11H,4-6H2,1-3H3. The van der Waals surface area contributed by atoms with Crippen LogP contribution in [0.2, 0.25) is 0 Å². The number of hydrogen-bond acceptors (Lipinski definition) is 4. The van der Waals surface area contributed by atoms with Crippen LogP contribution in [0.3, 0.4) is 0 Å². The van der Waals surface area contributed by atoms with Crippen molar-refractivity contribution < 1.29 is 19.1 Å². The van der Waals surface area contributed by atoms with Crippen molar-refractivity contribution in [1.82, 2.24) is 0 Å². The lowest BCUT2D eigenvalue weighted by molar-refractivity contribution is -0.149. The van der Waals surface area contributed by atoms with Gasteiger partial charge in [-0.15, -0.1) is 0 Å². The molecule has 0 radical (unpaired) electrons. The number of carbonyl (C=O) groups excluding carboxylic acids is 2. The van der Waals surface area contributed by atoms with Crippen molar-refractivity contribution in [3.63, 3.8) is 0 Å². The van der Waals surface area contributed by atoms with E-state index < -0.39 is 6.10 Å². The molecule has 0 bridgehead atoms. The average Bonchev–Trinajstić information content (AvgIpc) is 3.22. The molecule has 0 N–H and O–H groups in total. The van der Waals surface area contributed by atoms with E-state index in [1.54, 1.807) is 19.1 Å². The fourth-order valence-corrected chi connectivity index (χ4v) is 2.09. The molecule has 1 unspecified atom stereocenters. The number of carbonyl (C=O) groups is 2. The predicted octanol–water partition coefficient (Wildman–Crippen LogP) is 3.79. The maximum atomic E-state index is 12.0. The first kappa shape index (κ1) is 13.6. The molecule has 0 saturated heterocycles. The van der Waals surface area contributed by atoms with Crippen LogP contribution in [0.1, 0.15) is 62.1 Å². The van der Waals surface area contributed by atoms with Crippen molar-refractivity contribution in [2.45, 2.75) is 46.1 Å². The normalized spacial score (nSPS) is 13.2. The van der Waals surface area contributed by atoms with Gasteiger partial charge in [-0.3, -0.25) is 9.59 Å². The molecule has 19 heavy (non-hydrogen) atoms. The van der Waals surface area contributed by atoms with E-state index in [0.717, 1.165) is 11.3 Å². The maximum absolute atomic E-state index is 12.0. The zero-order valence-electron chi connectivity index (χ0n) is 11.5. The van der Waals surface area contributed by atoms with E-state index in [1.165, 1.54) is 0 Å². The van der Waals surface area contributed by atoms with E-state index in [0.29, 0.717) is 30.6 Å². The van der Waals surface area contributed by atoms with E-state index in [-0.39, 0.29) is 11.8 Å². The van der Waals surface area contributed by atoms with E-state index in [9.17, 15) is 9.59 Å². The monoisotopic (exact) mass is 262 g/mol. The highest BCUT2D eigenvalue weighted by Crippen LogP contribution is 2.52. The highest BCUT2D eigenvalue weighted by molar-refractivity contribution is 5.99. The lowest BCUT2D eigenvalue weighted by atomic mass is 9.96. The maximum Gasteiger partial charge on any atom is 0.306 e. The summed E-state index contributed by atoms with van der Waals surface area (Å²) in [6.45, 7) is 5.49. The second kappa shape index (κ2) is 5.43. The molecule has 1 heterocycles. The van der Waals surface area contributed by atoms with Crippen LogP contribution in [-0.2, 0) is 9.53 Å². The molecule has 1 aliphatic rings. The first-order chi connectivity index (χ1) is 9.12. The van der Waals surface area contributed by atoms with E-state index >= 15 is 0 Å². The minimum absolute atomic E-state index is 0.0410. The summed E-state index contributed by atoms with van der Waals surface area (Å²) in [7, 11) is 0. The van der Waals surface area contributed by atoms with Gasteiger partial charge < -0.3 is 9.47 Å². The molecule has 102 valence electrons. The van der Waals surface area contributed by atoms with Crippen LogP contribution in [0, 0.1) is 0 Å². The molecule has 0 amide bonds. The molecule has 4 nitrogen and oxygen atoms in total. The Morgan fingerprint density at radius 1 is 1.21 bits per heavy atom. The summed E-state index contributed by atoms with van der Waals surface area (Å²) in [5, 5.41) is 0. The summed E-state index contributed by atoms with van der Waals surface area (Å²) in [6.07, 6.45) is 0.957. The summed E-state index contributed by atoms with van der Waals surface area (Å²) in [5.74, 6) is 1.25. The minimum atomic E-state index is -0.407. The number of ketones is 1. The number of benzene rings is 1. The Bertz CT molecular complexity index is 519. The number of rotatable bonds is 6. The van der Waals surface area contributed by atoms with Gasteiger partial charge >= 0.3 is 5.97 Å². The summed E-state index contributed by atoms with van der Waals surface area (Å²) in [5.41, 5.74) is 1.34. The molecule has 0 aliphatic carbocycles. The van der Waals surface area contributed by atoms with Crippen molar-refractivity contribution in [2.24, 2.45) is 0 Å². The zero-order valence-corrected chi connectivity index (χ0v) is 11.5. The molecule has 2 rings (SSSR count). The zero-order chi connectivity index (χ0) is 14.0. The van der Waals surface area contributed by atoms with Crippen LogP contribution in [0.25, 0.3) is 0 Å². The van der Waals surface area contributed by atoms with Gasteiger partial charge in [0.2, 0.25) is 0 Å². The Kier molecular flexibility index (Phi) is 3.88. The number of esters is 1. The molecule has 0 aromatic heterocycles. The second-order valence-electron chi connectivity index (χ2n) is 4.47. The summed E-state index contributed by atoms with van der Waals surface area (Å²) in [6, 6.07) is 3.55. The van der Waals surface area contributed by atoms with Crippen LogP contribution < -0.4 is 4.74 Å². The average molecular weight is 262 g/mol. The molecule has 0 saturated carbocycles. The van der Waals surface area contributed by atoms with Gasteiger partial charge in [-0.05, 0) is 18.6 Å². The summed E-state index contributed by atoms with van der Waals surface area (Å²) < 4.78 is 10.8. The van der Waals surface area contributed by atoms with Gasteiger partial charge in [0, 0.05) is 24.0 Å². The van der Waals surface area contributed by atoms with Crippen LogP contribution in [0.4, 0.5) is 0 Å². The van der Waals surface area contributed by atoms with Gasteiger partial charge in [0.1, 0.15) is 6.10 Å². The van der Waals surface area contributed by atoms with Gasteiger partial charge in [0.05, 0.1) is 0 Å². The van der Waals surface area contributed by atoms with Gasteiger partial charge in [-0.25, -0.2) is 0 Å². The second-order valence-corrected chi connectivity index (χ2v) is 4.47. The van der Waals surface area contributed by atoms with E-state index in [4.69, 9.17) is 9.47 Å². The molecule has 0 spiro atoms. The van der Waals surface area contributed by atoms with Crippen molar-refractivity contribution in [3.05, 3.63) is 23.3 Å². The van der Waals surface area contributed by atoms with Crippen molar-refractivity contribution >= 4 is 11.8 Å². The predicted molar refractivity (Wildman–Crippen MR) is 70.6 cm³/mol. The molecule has 1 aliphatic heterocycles. The van der Waals surface area contributed by atoms with Gasteiger partial charge in [0.15, 0.2) is 17.3 Å². The van der Waals surface area contributed by atoms with E-state index in [2.05, 4.69) is 0 Å². The highest BCUT2D eigenvalue weighted by atomic mass is 16.6. The first-order valence-corrected chi connectivity index (χ1v) is 6.69. The third-order valence-corrected chi connectivity index (χ3v) is 3.21. The smallest absolute Gasteiger partial charge is 0.306 e. The minimum Gasteiger partial charge on any atom is -0.457 e. The van der Waals surface area contributed by atoms with Crippen molar-refractivity contribution in [1.29, 1.82) is 0 Å². The molecule has 1 aromatic carbocycles. The third kappa shape index (κ3) is 2.62. The van der Waals surface area contributed by atoms with Gasteiger partial charge in [-0.2, -0.15) is 0 Å². The molecular formula is C15H18O4. The Balaban J connectivity index is 2.37. The van der Waals surface area contributed by atoms with Crippen LogP contribution in [0.5, 0.6) is 11.5 Å². The largest absolute Gasteiger partial charge is 0.457 e. The van der Waals surface area contributed by atoms with Crippen LogP contribution in [-0.4, -0.2) is 11.8 Å². The van der Waals surface area contributed by atoms with E-state index in [1.807, 2.05) is 13.8 Å². The summed E-state index contributed by atoms with van der Waals surface area (Å²) >= 11 is 0. The molecule has 1 aromatic rings. The van der Waals surface area contributed by atoms with Crippen LogP contribution >= 0.6 is 0 Å². The number of Topliss-reactive ketones (excluding diaryl/α,β-unsaturated/α-hetero) is 1. The number of fused-ring (bicyclic) bond motifs is 1. The molecule has 4 heteroatoms. The Morgan fingerprint density at radius 3 is 2.53 bits per heavy atom.